The molecule has 0 aliphatic heterocycles. The average molecular weight is 330 g/mol. The van der Waals surface area contributed by atoms with E-state index in [4.69, 9.17) is 14.2 Å². The van der Waals surface area contributed by atoms with Gasteiger partial charge in [0.15, 0.2) is 11.5 Å². The molecule has 0 aliphatic carbocycles. The van der Waals surface area contributed by atoms with Gasteiger partial charge in [0.05, 0.1) is 26.9 Å². The van der Waals surface area contributed by atoms with E-state index in [2.05, 4.69) is 0 Å². The Kier molecular flexibility index (Phi) is 5.31. The molecular weight excluding hydrogens is 312 g/mol. The van der Waals surface area contributed by atoms with Gasteiger partial charge in [-0.3, -0.25) is 0 Å². The van der Waals surface area contributed by atoms with Crippen molar-refractivity contribution in [2.45, 2.75) is 0 Å². The minimum absolute atomic E-state index is 0.0729. The van der Waals surface area contributed by atoms with E-state index >= 15 is 0 Å². The van der Waals surface area contributed by atoms with Crippen LogP contribution >= 0.6 is 0 Å². The quantitative estimate of drug-likeness (QED) is 0.625. The lowest BCUT2D eigenvalue weighted by Gasteiger charge is -2.10. The summed E-state index contributed by atoms with van der Waals surface area (Å²) in [6, 6.07) is 9.81. The van der Waals surface area contributed by atoms with Gasteiger partial charge in [0.25, 0.3) is 0 Å². The molecule has 2 rings (SSSR count). The van der Waals surface area contributed by atoms with Crippen LogP contribution in [0.25, 0.3) is 11.6 Å². The van der Waals surface area contributed by atoms with Gasteiger partial charge in [0, 0.05) is 0 Å². The van der Waals surface area contributed by atoms with Gasteiger partial charge < -0.3 is 24.4 Å². The largest absolute Gasteiger partial charge is 0.502 e. The normalized spacial score (nSPS) is 11.0. The molecule has 0 fully saturated rings. The van der Waals surface area contributed by atoms with Gasteiger partial charge >= 0.3 is 5.97 Å². The van der Waals surface area contributed by atoms with E-state index in [1.807, 2.05) is 0 Å². The standard InChI is InChI=1S/C18H18O6/c1-22-13-6-4-5-12(10-13)14(18(20)21)7-11-8-15(23-2)17(19)16(9-11)24-3/h4-10,19H,1-3H3,(H,20,21)/b14-7-. The lowest BCUT2D eigenvalue weighted by molar-refractivity contribution is -0.130. The molecule has 126 valence electrons. The van der Waals surface area contributed by atoms with Crippen molar-refractivity contribution in [2.24, 2.45) is 0 Å². The third-order valence-corrected chi connectivity index (χ3v) is 3.42. The fourth-order valence-electron chi connectivity index (χ4n) is 2.22. The second-order valence-corrected chi connectivity index (χ2v) is 4.87. The van der Waals surface area contributed by atoms with Crippen molar-refractivity contribution in [3.63, 3.8) is 0 Å². The number of carbonyl (C=O) groups is 1. The maximum absolute atomic E-state index is 11.7. The summed E-state index contributed by atoms with van der Waals surface area (Å²) in [6.45, 7) is 0. The highest BCUT2D eigenvalue weighted by atomic mass is 16.5. The van der Waals surface area contributed by atoms with Gasteiger partial charge in [0.1, 0.15) is 5.75 Å². The number of hydrogen-bond donors (Lipinski definition) is 2. The van der Waals surface area contributed by atoms with E-state index in [0.717, 1.165) is 0 Å². The third-order valence-electron chi connectivity index (χ3n) is 3.42. The van der Waals surface area contributed by atoms with E-state index in [0.29, 0.717) is 16.9 Å². The summed E-state index contributed by atoms with van der Waals surface area (Å²) in [4.78, 5) is 11.7. The molecule has 0 atom stereocenters. The van der Waals surface area contributed by atoms with Crippen LogP contribution < -0.4 is 14.2 Å². The van der Waals surface area contributed by atoms with Crippen molar-refractivity contribution in [1.29, 1.82) is 0 Å². The first kappa shape index (κ1) is 17.2. The number of carboxylic acid groups (broad SMARTS) is 1. The van der Waals surface area contributed by atoms with Crippen LogP contribution in [0.5, 0.6) is 23.0 Å². The van der Waals surface area contributed by atoms with Gasteiger partial charge in [-0.25, -0.2) is 4.79 Å². The van der Waals surface area contributed by atoms with Crippen molar-refractivity contribution < 1.29 is 29.2 Å². The molecule has 2 aromatic carbocycles. The lowest BCUT2D eigenvalue weighted by atomic mass is 10.0. The monoisotopic (exact) mass is 330 g/mol. The molecule has 0 aromatic heterocycles. The summed E-state index contributed by atoms with van der Waals surface area (Å²) in [5.41, 5.74) is 1.08. The van der Waals surface area contributed by atoms with Crippen molar-refractivity contribution in [2.75, 3.05) is 21.3 Å². The van der Waals surface area contributed by atoms with Crippen molar-refractivity contribution in [1.82, 2.24) is 0 Å². The van der Waals surface area contributed by atoms with Crippen LogP contribution in [0.15, 0.2) is 36.4 Å². The Labute approximate surface area is 139 Å². The Bertz CT molecular complexity index is 754. The molecule has 0 saturated carbocycles. The van der Waals surface area contributed by atoms with E-state index < -0.39 is 5.97 Å². The Hall–Kier alpha value is -3.15. The SMILES string of the molecule is COc1cccc(/C(=C/c2cc(OC)c(O)c(OC)c2)C(=O)O)c1. The smallest absolute Gasteiger partial charge is 0.336 e. The number of aromatic hydroxyl groups is 1. The molecule has 0 saturated heterocycles. The zero-order chi connectivity index (χ0) is 17.7. The predicted octanol–water partition coefficient (Wildman–Crippen LogP) is 3.04. The minimum atomic E-state index is -1.09. The molecule has 6 nitrogen and oxygen atoms in total. The highest BCUT2D eigenvalue weighted by Gasteiger charge is 2.14. The van der Waals surface area contributed by atoms with Crippen molar-refractivity contribution in [3.05, 3.63) is 47.5 Å². The van der Waals surface area contributed by atoms with Crippen LogP contribution in [0.1, 0.15) is 11.1 Å². The van der Waals surface area contributed by atoms with Gasteiger partial charge in [-0.05, 0) is 41.5 Å². The molecule has 0 aliphatic rings. The van der Waals surface area contributed by atoms with Crippen LogP contribution in [0.4, 0.5) is 0 Å². The topological polar surface area (TPSA) is 85.2 Å². The molecule has 0 radical (unpaired) electrons. The summed E-state index contributed by atoms with van der Waals surface area (Å²) in [5, 5.41) is 19.5. The van der Waals surface area contributed by atoms with Crippen LogP contribution in [0, 0.1) is 0 Å². The number of phenols is 1. The molecule has 6 heteroatoms. The average Bonchev–Trinajstić information content (AvgIpc) is 2.60. The van der Waals surface area contributed by atoms with Crippen LogP contribution in [-0.4, -0.2) is 37.5 Å². The van der Waals surface area contributed by atoms with Gasteiger partial charge in [0.2, 0.25) is 5.75 Å². The maximum atomic E-state index is 11.7. The summed E-state index contributed by atoms with van der Waals surface area (Å²) >= 11 is 0. The van der Waals surface area contributed by atoms with Crippen LogP contribution in [0.3, 0.4) is 0 Å². The Morgan fingerprint density at radius 1 is 1.00 bits per heavy atom. The number of carboxylic acids is 1. The van der Waals surface area contributed by atoms with E-state index in [-0.39, 0.29) is 22.8 Å². The van der Waals surface area contributed by atoms with Gasteiger partial charge in [-0.1, -0.05) is 12.1 Å². The number of benzene rings is 2. The molecular formula is C18H18O6. The van der Waals surface area contributed by atoms with Crippen molar-refractivity contribution in [3.8, 4) is 23.0 Å². The summed E-state index contributed by atoms with van der Waals surface area (Å²) < 4.78 is 15.3. The number of phenolic OH excluding ortho intramolecular Hbond substituents is 1. The summed E-state index contributed by atoms with van der Waals surface area (Å²) in [6.07, 6.45) is 1.47. The number of aliphatic carboxylic acids is 1. The summed E-state index contributed by atoms with van der Waals surface area (Å²) in [7, 11) is 4.32. The van der Waals surface area contributed by atoms with E-state index in [1.54, 1.807) is 24.3 Å². The molecule has 0 heterocycles. The predicted molar refractivity (Wildman–Crippen MR) is 89.7 cm³/mol. The first-order valence-corrected chi connectivity index (χ1v) is 7.04. The maximum Gasteiger partial charge on any atom is 0.336 e. The van der Waals surface area contributed by atoms with Crippen LogP contribution in [-0.2, 0) is 4.79 Å². The lowest BCUT2D eigenvalue weighted by Crippen LogP contribution is -2.00. The van der Waals surface area contributed by atoms with Gasteiger partial charge in [-0.2, -0.15) is 0 Å². The Morgan fingerprint density at radius 3 is 2.12 bits per heavy atom. The molecule has 2 aromatic rings. The van der Waals surface area contributed by atoms with E-state index in [1.165, 1.54) is 39.5 Å². The number of rotatable bonds is 6. The number of hydrogen-bond acceptors (Lipinski definition) is 5. The van der Waals surface area contributed by atoms with Crippen molar-refractivity contribution >= 4 is 17.6 Å². The second kappa shape index (κ2) is 7.41. The molecule has 0 unspecified atom stereocenters. The zero-order valence-electron chi connectivity index (χ0n) is 13.6. The minimum Gasteiger partial charge on any atom is -0.502 e. The fourth-order valence-corrected chi connectivity index (χ4v) is 2.22. The molecule has 24 heavy (non-hydrogen) atoms. The Morgan fingerprint density at radius 2 is 1.62 bits per heavy atom. The zero-order valence-corrected chi connectivity index (χ0v) is 13.6. The number of methoxy groups -OCH3 is 3. The third kappa shape index (κ3) is 3.60. The fraction of sp³-hybridized carbons (Fsp3) is 0.167. The molecule has 2 N–H and O–H groups in total. The highest BCUT2D eigenvalue weighted by Crippen LogP contribution is 2.38. The molecule has 0 spiro atoms. The highest BCUT2D eigenvalue weighted by molar-refractivity contribution is 6.20. The van der Waals surface area contributed by atoms with E-state index in [9.17, 15) is 15.0 Å². The second-order valence-electron chi connectivity index (χ2n) is 4.87. The number of ether oxygens (including phenoxy) is 3. The first-order valence-electron chi connectivity index (χ1n) is 7.04. The molecule has 0 amide bonds. The molecule has 0 bridgehead atoms. The van der Waals surface area contributed by atoms with Crippen LogP contribution in [0.2, 0.25) is 0 Å². The van der Waals surface area contributed by atoms with Gasteiger partial charge in [-0.15, -0.1) is 0 Å². The first-order chi connectivity index (χ1) is 11.5. The summed E-state index contributed by atoms with van der Waals surface area (Å²) in [5.74, 6) is -0.294. The Balaban J connectivity index is 2.57.